The highest BCUT2D eigenvalue weighted by molar-refractivity contribution is 6.37. The Bertz CT molecular complexity index is 1030. The number of hydrogen-bond donors (Lipinski definition) is 2. The summed E-state index contributed by atoms with van der Waals surface area (Å²) in [6.45, 7) is 0.200. The molecule has 0 saturated carbocycles. The van der Waals surface area contributed by atoms with E-state index in [1.54, 1.807) is 17.0 Å². The average Bonchev–Trinajstić information content (AvgIpc) is 3.05. The molecule has 140 valence electrons. The van der Waals surface area contributed by atoms with E-state index in [1.807, 2.05) is 24.3 Å². The Hall–Kier alpha value is -2.21. The van der Waals surface area contributed by atoms with Crippen molar-refractivity contribution < 1.29 is 14.6 Å². The van der Waals surface area contributed by atoms with Gasteiger partial charge in [-0.05, 0) is 30.2 Å². The molecule has 1 atom stereocenters. The number of amides is 1. The minimum absolute atomic E-state index is 0.148. The molecular formula is C20H18Cl2N2O3. The number of ether oxygens (including phenoxy) is 1. The van der Waals surface area contributed by atoms with Crippen LogP contribution in [0.4, 0.5) is 0 Å². The highest BCUT2D eigenvalue weighted by atomic mass is 35.5. The maximum absolute atomic E-state index is 13.3. The van der Waals surface area contributed by atoms with E-state index in [9.17, 15) is 9.90 Å². The third-order valence-electron chi connectivity index (χ3n) is 5.06. The SMILES string of the molecule is COc1c(Cl)ccc(Cl)c1C(=O)N1Cc2[nH]c3ccccc3c2CC1CO. The van der Waals surface area contributed by atoms with Crippen LogP contribution in [-0.2, 0) is 13.0 Å². The molecule has 5 nitrogen and oxygen atoms in total. The zero-order valence-electron chi connectivity index (χ0n) is 14.6. The summed E-state index contributed by atoms with van der Waals surface area (Å²) in [7, 11) is 1.45. The predicted molar refractivity (Wildman–Crippen MR) is 106 cm³/mol. The normalized spacial score (nSPS) is 16.4. The molecule has 0 saturated heterocycles. The van der Waals surface area contributed by atoms with Gasteiger partial charge >= 0.3 is 0 Å². The molecule has 7 heteroatoms. The van der Waals surface area contributed by atoms with Crippen LogP contribution in [0.15, 0.2) is 36.4 Å². The fraction of sp³-hybridized carbons (Fsp3) is 0.250. The van der Waals surface area contributed by atoms with E-state index in [0.717, 1.165) is 22.2 Å². The minimum atomic E-state index is -0.357. The largest absolute Gasteiger partial charge is 0.494 e. The second kappa shape index (κ2) is 7.08. The molecule has 2 N–H and O–H groups in total. The molecule has 2 heterocycles. The molecule has 0 aliphatic carbocycles. The molecule has 4 rings (SSSR count). The number of rotatable bonds is 3. The van der Waals surface area contributed by atoms with Crippen LogP contribution in [0.2, 0.25) is 10.0 Å². The predicted octanol–water partition coefficient (Wildman–Crippen LogP) is 4.04. The van der Waals surface area contributed by atoms with Crippen LogP contribution in [0.3, 0.4) is 0 Å². The molecule has 1 aromatic heterocycles. The number of nitrogens with zero attached hydrogens (tertiary/aromatic N) is 1. The summed E-state index contributed by atoms with van der Waals surface area (Å²) >= 11 is 12.5. The molecule has 1 unspecified atom stereocenters. The molecule has 0 bridgehead atoms. The van der Waals surface area contributed by atoms with Gasteiger partial charge in [-0.25, -0.2) is 0 Å². The quantitative estimate of drug-likeness (QED) is 0.691. The van der Waals surface area contributed by atoms with Gasteiger partial charge in [0.05, 0.1) is 36.3 Å². The van der Waals surface area contributed by atoms with Gasteiger partial charge in [-0.3, -0.25) is 4.79 Å². The van der Waals surface area contributed by atoms with E-state index in [2.05, 4.69) is 4.98 Å². The van der Waals surface area contributed by atoms with Crippen molar-refractivity contribution in [1.82, 2.24) is 9.88 Å². The van der Waals surface area contributed by atoms with Gasteiger partial charge in [0.25, 0.3) is 5.91 Å². The first kappa shape index (κ1) is 18.2. The molecule has 1 aliphatic heterocycles. The molecule has 27 heavy (non-hydrogen) atoms. The number of carbonyl (C=O) groups is 1. The zero-order valence-corrected chi connectivity index (χ0v) is 16.1. The van der Waals surface area contributed by atoms with E-state index in [1.165, 1.54) is 7.11 Å². The Balaban J connectivity index is 1.78. The Morgan fingerprint density at radius 3 is 2.74 bits per heavy atom. The summed E-state index contributed by atoms with van der Waals surface area (Å²) in [5.74, 6) is -0.0731. The van der Waals surface area contributed by atoms with Crippen LogP contribution >= 0.6 is 23.2 Å². The molecule has 1 aliphatic rings. The minimum Gasteiger partial charge on any atom is -0.494 e. The van der Waals surface area contributed by atoms with E-state index in [4.69, 9.17) is 27.9 Å². The first-order valence-electron chi connectivity index (χ1n) is 8.57. The fourth-order valence-corrected chi connectivity index (χ4v) is 4.21. The summed E-state index contributed by atoms with van der Waals surface area (Å²) in [5.41, 5.74) is 3.33. The zero-order chi connectivity index (χ0) is 19.1. The molecule has 3 aromatic rings. The lowest BCUT2D eigenvalue weighted by Gasteiger charge is -2.35. The number of carbonyl (C=O) groups excluding carboxylic acids is 1. The lowest BCUT2D eigenvalue weighted by atomic mass is 9.96. The second-order valence-corrected chi connectivity index (χ2v) is 7.35. The number of halogens is 2. The number of aliphatic hydroxyl groups excluding tert-OH is 1. The number of benzene rings is 2. The van der Waals surface area contributed by atoms with Gasteiger partial charge in [0.2, 0.25) is 0 Å². The fourth-order valence-electron chi connectivity index (χ4n) is 3.75. The highest BCUT2D eigenvalue weighted by Gasteiger charge is 2.34. The monoisotopic (exact) mass is 404 g/mol. The lowest BCUT2D eigenvalue weighted by molar-refractivity contribution is 0.0538. The highest BCUT2D eigenvalue weighted by Crippen LogP contribution is 2.37. The molecule has 0 fully saturated rings. The average molecular weight is 405 g/mol. The van der Waals surface area contributed by atoms with Crippen molar-refractivity contribution in [3.05, 3.63) is 63.3 Å². The van der Waals surface area contributed by atoms with E-state index < -0.39 is 0 Å². The van der Waals surface area contributed by atoms with Gasteiger partial charge in [0, 0.05) is 16.6 Å². The van der Waals surface area contributed by atoms with E-state index >= 15 is 0 Å². The van der Waals surface area contributed by atoms with Crippen LogP contribution in [-0.4, -0.2) is 40.7 Å². The van der Waals surface area contributed by atoms with Crippen LogP contribution in [0.25, 0.3) is 10.9 Å². The number of aromatic nitrogens is 1. The van der Waals surface area contributed by atoms with Gasteiger partial charge in [0.1, 0.15) is 5.56 Å². The van der Waals surface area contributed by atoms with Gasteiger partial charge in [0.15, 0.2) is 5.75 Å². The third kappa shape index (κ3) is 2.96. The molecule has 0 radical (unpaired) electrons. The smallest absolute Gasteiger partial charge is 0.259 e. The second-order valence-electron chi connectivity index (χ2n) is 6.54. The molecule has 0 spiro atoms. The topological polar surface area (TPSA) is 65.6 Å². The van der Waals surface area contributed by atoms with Crippen LogP contribution in [0, 0.1) is 0 Å². The Morgan fingerprint density at radius 2 is 2.00 bits per heavy atom. The summed E-state index contributed by atoms with van der Waals surface area (Å²) < 4.78 is 5.32. The van der Waals surface area contributed by atoms with Gasteiger partial charge in [-0.1, -0.05) is 41.4 Å². The van der Waals surface area contributed by atoms with Gasteiger partial charge < -0.3 is 19.7 Å². The van der Waals surface area contributed by atoms with Crippen molar-refractivity contribution in [3.63, 3.8) is 0 Å². The number of nitrogens with one attached hydrogen (secondary N) is 1. The maximum atomic E-state index is 13.3. The van der Waals surface area contributed by atoms with Crippen molar-refractivity contribution in [2.24, 2.45) is 0 Å². The van der Waals surface area contributed by atoms with Crippen molar-refractivity contribution in [1.29, 1.82) is 0 Å². The lowest BCUT2D eigenvalue weighted by Crippen LogP contribution is -2.46. The Morgan fingerprint density at radius 1 is 1.26 bits per heavy atom. The molecule has 1 amide bonds. The van der Waals surface area contributed by atoms with Crippen molar-refractivity contribution >= 4 is 40.0 Å². The van der Waals surface area contributed by atoms with E-state index in [-0.39, 0.29) is 34.9 Å². The van der Waals surface area contributed by atoms with Gasteiger partial charge in [-0.15, -0.1) is 0 Å². The molecule has 2 aromatic carbocycles. The number of para-hydroxylation sites is 1. The van der Waals surface area contributed by atoms with Gasteiger partial charge in [-0.2, -0.15) is 0 Å². The van der Waals surface area contributed by atoms with Crippen LogP contribution in [0.1, 0.15) is 21.6 Å². The third-order valence-corrected chi connectivity index (χ3v) is 5.67. The van der Waals surface area contributed by atoms with Crippen molar-refractivity contribution in [3.8, 4) is 5.75 Å². The first-order valence-corrected chi connectivity index (χ1v) is 9.33. The van der Waals surface area contributed by atoms with E-state index in [0.29, 0.717) is 18.0 Å². The van der Waals surface area contributed by atoms with Crippen LogP contribution < -0.4 is 4.74 Å². The summed E-state index contributed by atoms with van der Waals surface area (Å²) in [6, 6.07) is 10.8. The number of fused-ring (bicyclic) bond motifs is 3. The standard InChI is InChI=1S/C20H18Cl2N2O3/c1-27-19-15(22)7-6-14(21)18(19)20(26)24-9-17-13(8-11(24)10-25)12-4-2-3-5-16(12)23-17/h2-7,11,23,25H,8-10H2,1H3. The number of H-pyrrole nitrogens is 1. The Kier molecular flexibility index (Phi) is 4.76. The van der Waals surface area contributed by atoms with Crippen molar-refractivity contribution in [2.45, 2.75) is 19.0 Å². The summed E-state index contributed by atoms with van der Waals surface area (Å²) in [5, 5.41) is 11.6. The summed E-state index contributed by atoms with van der Waals surface area (Å²) in [6.07, 6.45) is 0.558. The number of methoxy groups -OCH3 is 1. The number of aliphatic hydroxyl groups is 1. The maximum Gasteiger partial charge on any atom is 0.259 e. The van der Waals surface area contributed by atoms with Crippen molar-refractivity contribution in [2.75, 3.05) is 13.7 Å². The molecular weight excluding hydrogens is 387 g/mol. The number of aromatic amines is 1. The Labute approximate surface area is 166 Å². The number of hydrogen-bond acceptors (Lipinski definition) is 3. The van der Waals surface area contributed by atoms with Crippen LogP contribution in [0.5, 0.6) is 5.75 Å². The summed E-state index contributed by atoms with van der Waals surface area (Å²) in [4.78, 5) is 18.3. The first-order chi connectivity index (χ1) is 13.0.